The average Bonchev–Trinajstić information content (AvgIpc) is 2.33. The van der Waals surface area contributed by atoms with E-state index in [1.165, 1.54) is 4.68 Å². The first-order valence-electron chi connectivity index (χ1n) is 4.73. The van der Waals surface area contributed by atoms with Gasteiger partial charge in [0.05, 0.1) is 17.2 Å². The molecule has 2 rings (SSSR count). The Hall–Kier alpha value is -0.460. The molecule has 0 fully saturated rings. The summed E-state index contributed by atoms with van der Waals surface area (Å²) >= 11 is 9.84. The molecule has 0 atom stereocenters. The molecule has 0 saturated carbocycles. The second kappa shape index (κ2) is 5.46. The first-order valence-corrected chi connectivity index (χ1v) is 7.11. The Kier molecular flexibility index (Phi) is 4.17. The first kappa shape index (κ1) is 13.0. The predicted octanol–water partition coefficient (Wildman–Crippen LogP) is 3.58. The minimum Gasteiger partial charge on any atom is -0.266 e. The van der Waals surface area contributed by atoms with Gasteiger partial charge in [-0.05, 0) is 49.6 Å². The highest BCUT2D eigenvalue weighted by Gasteiger charge is 2.06. The van der Waals surface area contributed by atoms with Crippen molar-refractivity contribution in [2.24, 2.45) is 0 Å². The summed E-state index contributed by atoms with van der Waals surface area (Å²) in [6, 6.07) is 7.78. The highest BCUT2D eigenvalue weighted by Crippen LogP contribution is 2.17. The monoisotopic (exact) mass is 420 g/mol. The van der Waals surface area contributed by atoms with Gasteiger partial charge in [-0.2, -0.15) is 5.10 Å². The lowest BCUT2D eigenvalue weighted by Gasteiger charge is -2.05. The summed E-state index contributed by atoms with van der Waals surface area (Å²) in [6.07, 6.45) is 1.60. The Labute approximate surface area is 123 Å². The van der Waals surface area contributed by atoms with Crippen molar-refractivity contribution in [2.45, 2.75) is 6.54 Å². The van der Waals surface area contributed by atoms with Gasteiger partial charge in [0.1, 0.15) is 4.47 Å². The van der Waals surface area contributed by atoms with Gasteiger partial charge in [0.2, 0.25) is 0 Å². The lowest BCUT2D eigenvalue weighted by atomic mass is 10.2. The van der Waals surface area contributed by atoms with Gasteiger partial charge in [0.25, 0.3) is 5.56 Å². The molecule has 0 saturated heterocycles. The summed E-state index contributed by atoms with van der Waals surface area (Å²) in [7, 11) is 0. The molecule has 0 unspecified atom stereocenters. The average molecular weight is 423 g/mol. The molecule has 6 heteroatoms. The molecule has 0 amide bonds. The molecule has 1 heterocycles. The largest absolute Gasteiger partial charge is 0.282 e. The molecule has 0 N–H and O–H groups in total. The topological polar surface area (TPSA) is 34.9 Å². The number of halogens is 3. The van der Waals surface area contributed by atoms with E-state index in [4.69, 9.17) is 0 Å². The minimum atomic E-state index is -0.151. The molecule has 3 nitrogen and oxygen atoms in total. The van der Waals surface area contributed by atoms with Gasteiger partial charge in [-0.25, -0.2) is 4.68 Å². The Morgan fingerprint density at radius 1 is 1.12 bits per heavy atom. The SMILES string of the molecule is O=c1c(Br)c(Br)cnn1Cc1ccc(Br)cc1. The van der Waals surface area contributed by atoms with Crippen molar-refractivity contribution in [1.82, 2.24) is 9.78 Å². The van der Waals surface area contributed by atoms with E-state index < -0.39 is 0 Å². The van der Waals surface area contributed by atoms with E-state index in [2.05, 4.69) is 52.9 Å². The Morgan fingerprint density at radius 2 is 1.76 bits per heavy atom. The fraction of sp³-hybridized carbons (Fsp3) is 0.0909. The third-order valence-electron chi connectivity index (χ3n) is 2.19. The van der Waals surface area contributed by atoms with Crippen LogP contribution >= 0.6 is 47.8 Å². The molecule has 1 aromatic heterocycles. The number of benzene rings is 1. The highest BCUT2D eigenvalue weighted by molar-refractivity contribution is 9.13. The van der Waals surface area contributed by atoms with Gasteiger partial charge >= 0.3 is 0 Å². The second-order valence-corrected chi connectivity index (χ2v) is 5.96. The number of rotatable bonds is 2. The maximum Gasteiger partial charge on any atom is 0.282 e. The maximum atomic E-state index is 11.9. The van der Waals surface area contributed by atoms with Crippen LogP contribution in [0.3, 0.4) is 0 Å². The van der Waals surface area contributed by atoms with E-state index in [0.29, 0.717) is 15.5 Å². The van der Waals surface area contributed by atoms with Gasteiger partial charge in [-0.1, -0.05) is 28.1 Å². The van der Waals surface area contributed by atoms with Gasteiger partial charge in [0.15, 0.2) is 0 Å². The number of aromatic nitrogens is 2. The maximum absolute atomic E-state index is 11.9. The predicted molar refractivity (Wildman–Crippen MR) is 77.1 cm³/mol. The molecule has 17 heavy (non-hydrogen) atoms. The Morgan fingerprint density at radius 3 is 2.41 bits per heavy atom. The molecular formula is C11H7Br3N2O. The van der Waals surface area contributed by atoms with E-state index >= 15 is 0 Å². The summed E-state index contributed by atoms with van der Waals surface area (Å²) < 4.78 is 3.58. The minimum absolute atomic E-state index is 0.151. The Balaban J connectivity index is 2.34. The van der Waals surface area contributed by atoms with Crippen molar-refractivity contribution >= 4 is 47.8 Å². The van der Waals surface area contributed by atoms with E-state index in [-0.39, 0.29) is 5.56 Å². The zero-order valence-electron chi connectivity index (χ0n) is 8.53. The molecule has 1 aromatic carbocycles. The van der Waals surface area contributed by atoms with Crippen LogP contribution in [0.25, 0.3) is 0 Å². The lowest BCUT2D eigenvalue weighted by molar-refractivity contribution is 0.633. The molecule has 0 aliphatic heterocycles. The molecule has 0 spiro atoms. The van der Waals surface area contributed by atoms with Gasteiger partial charge < -0.3 is 0 Å². The zero-order chi connectivity index (χ0) is 12.4. The normalized spacial score (nSPS) is 10.5. The number of hydrogen-bond acceptors (Lipinski definition) is 2. The third kappa shape index (κ3) is 3.05. The highest BCUT2D eigenvalue weighted by atomic mass is 79.9. The van der Waals surface area contributed by atoms with Crippen LogP contribution in [0.4, 0.5) is 0 Å². The van der Waals surface area contributed by atoms with Crippen molar-refractivity contribution < 1.29 is 0 Å². The molecule has 2 aromatic rings. The second-order valence-electron chi connectivity index (χ2n) is 3.40. The summed E-state index contributed by atoms with van der Waals surface area (Å²) in [5, 5.41) is 4.07. The van der Waals surface area contributed by atoms with Crippen molar-refractivity contribution in [3.8, 4) is 0 Å². The van der Waals surface area contributed by atoms with E-state index in [1.807, 2.05) is 24.3 Å². The summed E-state index contributed by atoms with van der Waals surface area (Å²) in [6.45, 7) is 0.456. The number of nitrogens with zero attached hydrogens (tertiary/aromatic N) is 2. The molecule has 0 radical (unpaired) electrons. The zero-order valence-corrected chi connectivity index (χ0v) is 13.3. The molecule has 0 aliphatic carbocycles. The van der Waals surface area contributed by atoms with Crippen molar-refractivity contribution in [2.75, 3.05) is 0 Å². The summed E-state index contributed by atoms with van der Waals surface area (Å²) in [4.78, 5) is 11.9. The third-order valence-corrected chi connectivity index (χ3v) is 4.62. The molecule has 88 valence electrons. The van der Waals surface area contributed by atoms with Crippen LogP contribution < -0.4 is 5.56 Å². The van der Waals surface area contributed by atoms with Crippen molar-refractivity contribution in [1.29, 1.82) is 0 Å². The van der Waals surface area contributed by atoms with Crippen LogP contribution in [-0.2, 0) is 6.54 Å². The number of hydrogen-bond donors (Lipinski definition) is 0. The summed E-state index contributed by atoms with van der Waals surface area (Å²) in [5.41, 5.74) is 0.874. The fourth-order valence-electron chi connectivity index (χ4n) is 1.32. The van der Waals surface area contributed by atoms with Crippen LogP contribution in [0.5, 0.6) is 0 Å². The van der Waals surface area contributed by atoms with Crippen LogP contribution in [0.15, 0.2) is 48.7 Å². The Bertz CT molecular complexity index is 593. The first-order chi connectivity index (χ1) is 8.08. The lowest BCUT2D eigenvalue weighted by Crippen LogP contribution is -2.24. The van der Waals surface area contributed by atoms with Crippen molar-refractivity contribution in [3.63, 3.8) is 0 Å². The standard InChI is InChI=1S/C11H7Br3N2O/c12-8-3-1-7(2-4-8)6-16-11(17)10(14)9(13)5-15-16/h1-5H,6H2. The van der Waals surface area contributed by atoms with Crippen LogP contribution in [0.2, 0.25) is 0 Å². The smallest absolute Gasteiger partial charge is 0.266 e. The van der Waals surface area contributed by atoms with E-state index in [9.17, 15) is 4.79 Å². The molecule has 0 aliphatic rings. The molecular weight excluding hydrogens is 416 g/mol. The molecule has 0 bridgehead atoms. The quantitative estimate of drug-likeness (QED) is 0.741. The van der Waals surface area contributed by atoms with Crippen LogP contribution in [0, 0.1) is 0 Å². The van der Waals surface area contributed by atoms with E-state index in [0.717, 1.165) is 10.0 Å². The van der Waals surface area contributed by atoms with Gasteiger partial charge in [-0.15, -0.1) is 0 Å². The van der Waals surface area contributed by atoms with Crippen molar-refractivity contribution in [3.05, 3.63) is 59.8 Å². The van der Waals surface area contributed by atoms with Gasteiger partial charge in [0, 0.05) is 4.47 Å². The van der Waals surface area contributed by atoms with E-state index in [1.54, 1.807) is 6.20 Å². The van der Waals surface area contributed by atoms with Crippen LogP contribution in [-0.4, -0.2) is 9.78 Å². The van der Waals surface area contributed by atoms with Crippen LogP contribution in [0.1, 0.15) is 5.56 Å². The van der Waals surface area contributed by atoms with Gasteiger partial charge in [-0.3, -0.25) is 4.79 Å². The summed E-state index contributed by atoms with van der Waals surface area (Å²) in [5.74, 6) is 0. The fourth-order valence-corrected chi connectivity index (χ4v) is 2.15.